The Bertz CT molecular complexity index is 452. The Balaban J connectivity index is 2.32. The number of rotatable bonds is 2. The van der Waals surface area contributed by atoms with Gasteiger partial charge in [-0.1, -0.05) is 0 Å². The molecule has 78 valence electrons. The summed E-state index contributed by atoms with van der Waals surface area (Å²) in [6, 6.07) is 1.36. The van der Waals surface area contributed by atoms with Crippen LogP contribution in [0.5, 0.6) is 0 Å². The van der Waals surface area contributed by atoms with Gasteiger partial charge >= 0.3 is 0 Å². The SMILES string of the molecule is Cc1cnc(C(N)c2occc2Br)nc1. The average molecular weight is 268 g/mol. The number of nitrogens with zero attached hydrogens (tertiary/aromatic N) is 2. The van der Waals surface area contributed by atoms with Gasteiger partial charge in [-0.25, -0.2) is 9.97 Å². The van der Waals surface area contributed by atoms with Gasteiger partial charge in [0.25, 0.3) is 0 Å². The second-order valence-electron chi connectivity index (χ2n) is 3.23. The van der Waals surface area contributed by atoms with E-state index in [2.05, 4.69) is 25.9 Å². The zero-order chi connectivity index (χ0) is 10.8. The first-order valence-electron chi connectivity index (χ1n) is 4.45. The van der Waals surface area contributed by atoms with Crippen LogP contribution in [0.1, 0.15) is 23.2 Å². The highest BCUT2D eigenvalue weighted by atomic mass is 79.9. The predicted molar refractivity (Wildman–Crippen MR) is 59.2 cm³/mol. The van der Waals surface area contributed by atoms with Crippen molar-refractivity contribution in [3.63, 3.8) is 0 Å². The molecule has 0 saturated carbocycles. The summed E-state index contributed by atoms with van der Waals surface area (Å²) in [5.41, 5.74) is 6.97. The van der Waals surface area contributed by atoms with E-state index in [4.69, 9.17) is 10.2 Å². The van der Waals surface area contributed by atoms with E-state index >= 15 is 0 Å². The molecule has 0 aromatic carbocycles. The van der Waals surface area contributed by atoms with E-state index in [1.165, 1.54) is 0 Å². The number of halogens is 1. The van der Waals surface area contributed by atoms with E-state index in [9.17, 15) is 0 Å². The highest BCUT2D eigenvalue weighted by Crippen LogP contribution is 2.25. The first kappa shape index (κ1) is 10.3. The van der Waals surface area contributed by atoms with Crippen molar-refractivity contribution in [3.8, 4) is 0 Å². The molecule has 0 radical (unpaired) electrons. The molecule has 5 heteroatoms. The Morgan fingerprint density at radius 3 is 2.60 bits per heavy atom. The molecule has 1 unspecified atom stereocenters. The summed E-state index contributed by atoms with van der Waals surface area (Å²) in [6.45, 7) is 1.93. The molecule has 0 aliphatic carbocycles. The second kappa shape index (κ2) is 4.12. The maximum Gasteiger partial charge on any atom is 0.152 e. The molecule has 0 aliphatic rings. The van der Waals surface area contributed by atoms with Crippen molar-refractivity contribution in [2.24, 2.45) is 5.73 Å². The third-order valence-corrected chi connectivity index (χ3v) is 2.66. The van der Waals surface area contributed by atoms with Gasteiger partial charge in [0.15, 0.2) is 5.82 Å². The van der Waals surface area contributed by atoms with E-state index in [1.54, 1.807) is 24.7 Å². The highest BCUT2D eigenvalue weighted by molar-refractivity contribution is 9.10. The maximum atomic E-state index is 5.96. The molecular weight excluding hydrogens is 258 g/mol. The predicted octanol–water partition coefficient (Wildman–Crippen LogP) is 2.19. The van der Waals surface area contributed by atoms with Crippen molar-refractivity contribution >= 4 is 15.9 Å². The quantitative estimate of drug-likeness (QED) is 0.906. The Morgan fingerprint density at radius 1 is 1.40 bits per heavy atom. The number of furan rings is 1. The van der Waals surface area contributed by atoms with Gasteiger partial charge in [-0.3, -0.25) is 0 Å². The topological polar surface area (TPSA) is 64.9 Å². The van der Waals surface area contributed by atoms with Crippen molar-refractivity contribution < 1.29 is 4.42 Å². The fourth-order valence-electron chi connectivity index (χ4n) is 1.21. The molecule has 0 amide bonds. The van der Waals surface area contributed by atoms with Crippen molar-refractivity contribution in [1.29, 1.82) is 0 Å². The summed E-state index contributed by atoms with van der Waals surface area (Å²) in [6.07, 6.45) is 5.05. The van der Waals surface area contributed by atoms with E-state index in [0.717, 1.165) is 10.0 Å². The summed E-state index contributed by atoms with van der Waals surface area (Å²) in [7, 11) is 0. The zero-order valence-corrected chi connectivity index (χ0v) is 9.73. The summed E-state index contributed by atoms with van der Waals surface area (Å²) < 4.78 is 6.09. The molecule has 2 rings (SSSR count). The molecule has 1 atom stereocenters. The van der Waals surface area contributed by atoms with E-state index < -0.39 is 6.04 Å². The van der Waals surface area contributed by atoms with Crippen LogP contribution >= 0.6 is 15.9 Å². The van der Waals surface area contributed by atoms with Gasteiger partial charge in [0.2, 0.25) is 0 Å². The smallest absolute Gasteiger partial charge is 0.152 e. The molecule has 0 saturated heterocycles. The molecule has 0 aliphatic heterocycles. The van der Waals surface area contributed by atoms with Crippen LogP contribution in [-0.4, -0.2) is 9.97 Å². The molecule has 0 fully saturated rings. The number of hydrogen-bond donors (Lipinski definition) is 1. The summed E-state index contributed by atoms with van der Waals surface area (Å²) in [5.74, 6) is 1.19. The van der Waals surface area contributed by atoms with Gasteiger partial charge < -0.3 is 10.2 Å². The van der Waals surface area contributed by atoms with Gasteiger partial charge in [0.1, 0.15) is 11.8 Å². The molecule has 2 aromatic heterocycles. The minimum atomic E-state index is -0.435. The second-order valence-corrected chi connectivity index (χ2v) is 4.08. The first-order chi connectivity index (χ1) is 7.18. The minimum Gasteiger partial charge on any atom is -0.466 e. The number of nitrogens with two attached hydrogens (primary N) is 1. The molecule has 0 bridgehead atoms. The Kier molecular flexibility index (Phi) is 2.83. The summed E-state index contributed by atoms with van der Waals surface area (Å²) in [5, 5.41) is 0. The van der Waals surface area contributed by atoms with Crippen molar-refractivity contribution in [3.05, 3.63) is 46.3 Å². The van der Waals surface area contributed by atoms with Gasteiger partial charge in [-0.2, -0.15) is 0 Å². The van der Waals surface area contributed by atoms with Gasteiger partial charge in [-0.05, 0) is 34.5 Å². The average Bonchev–Trinajstić information content (AvgIpc) is 2.65. The van der Waals surface area contributed by atoms with Crippen molar-refractivity contribution in [2.45, 2.75) is 13.0 Å². The molecule has 2 heterocycles. The summed E-state index contributed by atoms with van der Waals surface area (Å²) >= 11 is 3.35. The zero-order valence-electron chi connectivity index (χ0n) is 8.14. The molecule has 4 nitrogen and oxygen atoms in total. The van der Waals surface area contributed by atoms with Gasteiger partial charge in [0, 0.05) is 12.4 Å². The maximum absolute atomic E-state index is 5.96. The van der Waals surface area contributed by atoms with Crippen LogP contribution in [0.15, 0.2) is 33.6 Å². The number of aryl methyl sites for hydroxylation is 1. The summed E-state index contributed by atoms with van der Waals surface area (Å²) in [4.78, 5) is 8.32. The van der Waals surface area contributed by atoms with E-state index in [-0.39, 0.29) is 0 Å². The van der Waals surface area contributed by atoms with Crippen LogP contribution in [0.2, 0.25) is 0 Å². The number of aromatic nitrogens is 2. The Morgan fingerprint density at radius 2 is 2.07 bits per heavy atom. The lowest BCUT2D eigenvalue weighted by molar-refractivity contribution is 0.479. The first-order valence-corrected chi connectivity index (χ1v) is 5.25. The normalized spacial score (nSPS) is 12.7. The van der Waals surface area contributed by atoms with Crippen molar-refractivity contribution in [2.75, 3.05) is 0 Å². The van der Waals surface area contributed by atoms with Crippen LogP contribution < -0.4 is 5.73 Å². The lowest BCUT2D eigenvalue weighted by Gasteiger charge is -2.07. The molecule has 0 spiro atoms. The largest absolute Gasteiger partial charge is 0.466 e. The third kappa shape index (κ3) is 2.08. The van der Waals surface area contributed by atoms with Crippen LogP contribution in [0.3, 0.4) is 0 Å². The van der Waals surface area contributed by atoms with Crippen molar-refractivity contribution in [1.82, 2.24) is 9.97 Å². The third-order valence-electron chi connectivity index (χ3n) is 2.01. The van der Waals surface area contributed by atoms with Gasteiger partial charge in [-0.15, -0.1) is 0 Å². The molecule has 15 heavy (non-hydrogen) atoms. The number of hydrogen-bond acceptors (Lipinski definition) is 4. The van der Waals surface area contributed by atoms with Crippen LogP contribution in [0.25, 0.3) is 0 Å². The Labute approximate surface area is 95.7 Å². The standard InChI is InChI=1S/C10H10BrN3O/c1-6-4-13-10(14-5-6)8(12)9-7(11)2-3-15-9/h2-5,8H,12H2,1H3. The van der Waals surface area contributed by atoms with E-state index in [1.807, 2.05) is 6.92 Å². The molecular formula is C10H10BrN3O. The Hall–Kier alpha value is -1.20. The monoisotopic (exact) mass is 267 g/mol. The van der Waals surface area contributed by atoms with Crippen LogP contribution in [0.4, 0.5) is 0 Å². The fourth-order valence-corrected chi connectivity index (χ4v) is 1.66. The van der Waals surface area contributed by atoms with Crippen LogP contribution in [0, 0.1) is 6.92 Å². The molecule has 2 aromatic rings. The minimum absolute atomic E-state index is 0.435. The highest BCUT2D eigenvalue weighted by Gasteiger charge is 2.17. The lowest BCUT2D eigenvalue weighted by Crippen LogP contribution is -2.15. The van der Waals surface area contributed by atoms with Gasteiger partial charge in [0.05, 0.1) is 10.7 Å². The fraction of sp³-hybridized carbons (Fsp3) is 0.200. The lowest BCUT2D eigenvalue weighted by atomic mass is 10.2. The van der Waals surface area contributed by atoms with E-state index in [0.29, 0.717) is 11.6 Å². The van der Waals surface area contributed by atoms with Crippen LogP contribution in [-0.2, 0) is 0 Å². The molecule has 2 N–H and O–H groups in total.